The van der Waals surface area contributed by atoms with Crippen molar-refractivity contribution in [2.24, 2.45) is 5.73 Å². The molecule has 0 bridgehead atoms. The van der Waals surface area contributed by atoms with E-state index >= 15 is 0 Å². The lowest BCUT2D eigenvalue weighted by Crippen LogP contribution is -2.54. The first-order chi connectivity index (χ1) is 9.79. The first-order valence-corrected chi connectivity index (χ1v) is 8.09. The number of hydrogen-bond acceptors (Lipinski definition) is 3. The molecular weight excluding hydrogens is 266 g/mol. The quantitative estimate of drug-likeness (QED) is 0.812. The fourth-order valence-corrected chi connectivity index (χ4v) is 3.12. The molecule has 0 aromatic carbocycles. The highest BCUT2D eigenvalue weighted by Crippen LogP contribution is 2.21. The van der Waals surface area contributed by atoms with Gasteiger partial charge in [0.05, 0.1) is 12.1 Å². The molecule has 0 aliphatic heterocycles. The number of rotatable bonds is 6. The van der Waals surface area contributed by atoms with Crippen LogP contribution in [0.3, 0.4) is 0 Å². The van der Waals surface area contributed by atoms with Gasteiger partial charge < -0.3 is 15.5 Å². The summed E-state index contributed by atoms with van der Waals surface area (Å²) in [5.74, 6) is -0.153. The molecule has 0 aromatic heterocycles. The Labute approximate surface area is 128 Å². The SMILES string of the molecule is CCCC(C)(N)C(=O)N(C)CC(=O)N(C)C1CCCCC1. The molecule has 0 aromatic rings. The van der Waals surface area contributed by atoms with Crippen molar-refractivity contribution in [2.75, 3.05) is 20.6 Å². The summed E-state index contributed by atoms with van der Waals surface area (Å²) in [5, 5.41) is 0. The van der Waals surface area contributed by atoms with Crippen molar-refractivity contribution in [3.05, 3.63) is 0 Å². The van der Waals surface area contributed by atoms with E-state index in [0.717, 1.165) is 19.3 Å². The second-order valence-electron chi connectivity index (χ2n) is 6.63. The average Bonchev–Trinajstić information content (AvgIpc) is 2.46. The van der Waals surface area contributed by atoms with Crippen molar-refractivity contribution < 1.29 is 9.59 Å². The van der Waals surface area contributed by atoms with Gasteiger partial charge in [-0.25, -0.2) is 0 Å². The van der Waals surface area contributed by atoms with Crippen LogP contribution in [-0.4, -0.2) is 53.8 Å². The molecule has 1 unspecified atom stereocenters. The van der Waals surface area contributed by atoms with Crippen molar-refractivity contribution in [3.63, 3.8) is 0 Å². The Morgan fingerprint density at radius 3 is 2.29 bits per heavy atom. The molecule has 122 valence electrons. The molecule has 0 spiro atoms. The Bertz CT molecular complexity index is 363. The van der Waals surface area contributed by atoms with Gasteiger partial charge in [-0.1, -0.05) is 32.6 Å². The van der Waals surface area contributed by atoms with E-state index in [1.807, 2.05) is 18.9 Å². The fraction of sp³-hybridized carbons (Fsp3) is 0.875. The van der Waals surface area contributed by atoms with Crippen LogP contribution in [0.15, 0.2) is 0 Å². The summed E-state index contributed by atoms with van der Waals surface area (Å²) in [6.07, 6.45) is 7.27. The Kier molecular flexibility index (Phi) is 6.65. The summed E-state index contributed by atoms with van der Waals surface area (Å²) in [4.78, 5) is 27.9. The Morgan fingerprint density at radius 1 is 1.19 bits per heavy atom. The third kappa shape index (κ3) is 4.99. The summed E-state index contributed by atoms with van der Waals surface area (Å²) < 4.78 is 0. The highest BCUT2D eigenvalue weighted by Gasteiger charge is 2.32. The summed E-state index contributed by atoms with van der Waals surface area (Å²) in [5.41, 5.74) is 5.17. The van der Waals surface area contributed by atoms with E-state index < -0.39 is 5.54 Å². The van der Waals surface area contributed by atoms with Gasteiger partial charge in [-0.05, 0) is 26.2 Å². The fourth-order valence-electron chi connectivity index (χ4n) is 3.12. The molecule has 0 radical (unpaired) electrons. The van der Waals surface area contributed by atoms with E-state index in [9.17, 15) is 9.59 Å². The monoisotopic (exact) mass is 297 g/mol. The van der Waals surface area contributed by atoms with Crippen LogP contribution >= 0.6 is 0 Å². The van der Waals surface area contributed by atoms with Gasteiger partial charge in [-0.3, -0.25) is 9.59 Å². The Hall–Kier alpha value is -1.10. The van der Waals surface area contributed by atoms with Crippen LogP contribution in [0.2, 0.25) is 0 Å². The summed E-state index contributed by atoms with van der Waals surface area (Å²) in [6, 6.07) is 0.328. The van der Waals surface area contributed by atoms with Crippen LogP contribution in [-0.2, 0) is 9.59 Å². The minimum absolute atomic E-state index is 0.00467. The van der Waals surface area contributed by atoms with E-state index in [1.54, 1.807) is 14.0 Å². The van der Waals surface area contributed by atoms with Crippen LogP contribution in [0.1, 0.15) is 58.8 Å². The first-order valence-electron chi connectivity index (χ1n) is 8.09. The summed E-state index contributed by atoms with van der Waals surface area (Å²) in [6.45, 7) is 3.85. The van der Waals surface area contributed by atoms with Gasteiger partial charge in [-0.15, -0.1) is 0 Å². The molecule has 5 heteroatoms. The summed E-state index contributed by atoms with van der Waals surface area (Å²) in [7, 11) is 3.51. The molecule has 0 saturated heterocycles. The topological polar surface area (TPSA) is 66.6 Å². The zero-order valence-electron chi connectivity index (χ0n) is 14.0. The smallest absolute Gasteiger partial charge is 0.242 e. The van der Waals surface area contributed by atoms with Crippen molar-refractivity contribution in [1.29, 1.82) is 0 Å². The number of hydrogen-bond donors (Lipinski definition) is 1. The van der Waals surface area contributed by atoms with Crippen molar-refractivity contribution in [1.82, 2.24) is 9.80 Å². The molecule has 1 aliphatic carbocycles. The number of carbonyl (C=O) groups excluding carboxylic acids is 2. The predicted octanol–water partition coefficient (Wildman–Crippen LogP) is 1.75. The molecule has 0 heterocycles. The molecule has 1 rings (SSSR count). The normalized spacial score (nSPS) is 18.9. The van der Waals surface area contributed by atoms with E-state index in [-0.39, 0.29) is 18.4 Å². The van der Waals surface area contributed by atoms with Gasteiger partial charge >= 0.3 is 0 Å². The number of carbonyl (C=O) groups is 2. The third-order valence-electron chi connectivity index (χ3n) is 4.49. The van der Waals surface area contributed by atoms with Gasteiger partial charge in [0.25, 0.3) is 0 Å². The van der Waals surface area contributed by atoms with E-state index in [0.29, 0.717) is 12.5 Å². The second-order valence-corrected chi connectivity index (χ2v) is 6.63. The molecule has 2 amide bonds. The van der Waals surface area contributed by atoms with Gasteiger partial charge in [0.15, 0.2) is 0 Å². The molecule has 1 aliphatic rings. The molecule has 1 saturated carbocycles. The lowest BCUT2D eigenvalue weighted by atomic mass is 9.94. The van der Waals surface area contributed by atoms with Crippen molar-refractivity contribution in [3.8, 4) is 0 Å². The van der Waals surface area contributed by atoms with Crippen LogP contribution in [0.4, 0.5) is 0 Å². The molecular formula is C16H31N3O2. The zero-order chi connectivity index (χ0) is 16.0. The van der Waals surface area contributed by atoms with Crippen molar-refractivity contribution >= 4 is 11.8 Å². The van der Waals surface area contributed by atoms with Gasteiger partial charge in [0.1, 0.15) is 0 Å². The Balaban J connectivity index is 2.54. The maximum atomic E-state index is 12.3. The second kappa shape index (κ2) is 7.78. The highest BCUT2D eigenvalue weighted by atomic mass is 16.2. The molecule has 5 nitrogen and oxygen atoms in total. The van der Waals surface area contributed by atoms with E-state index in [2.05, 4.69) is 0 Å². The zero-order valence-corrected chi connectivity index (χ0v) is 14.0. The predicted molar refractivity (Wildman–Crippen MR) is 84.8 cm³/mol. The van der Waals surface area contributed by atoms with Crippen LogP contribution in [0.5, 0.6) is 0 Å². The van der Waals surface area contributed by atoms with Crippen LogP contribution in [0, 0.1) is 0 Å². The summed E-state index contributed by atoms with van der Waals surface area (Å²) >= 11 is 0. The molecule has 21 heavy (non-hydrogen) atoms. The lowest BCUT2D eigenvalue weighted by molar-refractivity contribution is -0.143. The maximum Gasteiger partial charge on any atom is 0.242 e. The average molecular weight is 297 g/mol. The Morgan fingerprint density at radius 2 is 1.76 bits per heavy atom. The maximum absolute atomic E-state index is 12.3. The standard InChI is InChI=1S/C16H31N3O2/c1-5-11-16(2,17)15(21)18(3)12-14(20)19(4)13-9-7-6-8-10-13/h13H,5-12,17H2,1-4H3. The molecule has 1 atom stereocenters. The third-order valence-corrected chi connectivity index (χ3v) is 4.49. The van der Waals surface area contributed by atoms with Crippen LogP contribution < -0.4 is 5.73 Å². The minimum atomic E-state index is -0.882. The number of nitrogens with zero attached hydrogens (tertiary/aromatic N) is 2. The van der Waals surface area contributed by atoms with E-state index in [1.165, 1.54) is 24.2 Å². The number of amides is 2. The molecule has 1 fully saturated rings. The number of likely N-dealkylation sites (N-methyl/N-ethyl adjacent to an activating group) is 2. The van der Waals surface area contributed by atoms with Gasteiger partial charge in [-0.2, -0.15) is 0 Å². The first kappa shape index (κ1) is 18.0. The lowest BCUT2D eigenvalue weighted by Gasteiger charge is -2.34. The van der Waals surface area contributed by atoms with Crippen LogP contribution in [0.25, 0.3) is 0 Å². The highest BCUT2D eigenvalue weighted by molar-refractivity contribution is 5.89. The molecule has 2 N–H and O–H groups in total. The van der Waals surface area contributed by atoms with E-state index in [4.69, 9.17) is 5.73 Å². The largest absolute Gasteiger partial charge is 0.341 e. The van der Waals surface area contributed by atoms with Crippen molar-refractivity contribution in [2.45, 2.75) is 70.4 Å². The van der Waals surface area contributed by atoms with Gasteiger partial charge in [0.2, 0.25) is 11.8 Å². The van der Waals surface area contributed by atoms with Gasteiger partial charge in [0, 0.05) is 20.1 Å². The minimum Gasteiger partial charge on any atom is -0.341 e. The number of nitrogens with two attached hydrogens (primary N) is 1.